The van der Waals surface area contributed by atoms with E-state index in [1.807, 2.05) is 6.07 Å². The lowest BCUT2D eigenvalue weighted by molar-refractivity contribution is -0.150. The van der Waals surface area contributed by atoms with Crippen LogP contribution in [0.1, 0.15) is 6.42 Å². The minimum atomic E-state index is -4.49. The van der Waals surface area contributed by atoms with E-state index in [4.69, 9.17) is 4.74 Å². The van der Waals surface area contributed by atoms with Crippen LogP contribution in [0.3, 0.4) is 0 Å². The molecule has 1 aromatic carbocycles. The smallest absolute Gasteiger partial charge is 0.378 e. The van der Waals surface area contributed by atoms with Crippen molar-refractivity contribution in [2.75, 3.05) is 36.5 Å². The maximum absolute atomic E-state index is 12.1. The number of anilines is 2. The van der Waals surface area contributed by atoms with Crippen molar-refractivity contribution >= 4 is 17.3 Å². The van der Waals surface area contributed by atoms with E-state index < -0.39 is 18.5 Å². The molecule has 0 bridgehead atoms. The minimum absolute atomic E-state index is 0.364. The number of amides is 1. The summed E-state index contributed by atoms with van der Waals surface area (Å²) in [6.45, 7) is 2.68. The maximum Gasteiger partial charge on any atom is 0.397 e. The van der Waals surface area contributed by atoms with Crippen LogP contribution in [0.4, 0.5) is 24.5 Å². The van der Waals surface area contributed by atoms with Crippen LogP contribution < -0.4 is 10.2 Å². The molecule has 7 heteroatoms. The molecule has 1 fully saturated rings. The second-order valence-corrected chi connectivity index (χ2v) is 4.49. The quantitative estimate of drug-likeness (QED) is 0.928. The van der Waals surface area contributed by atoms with Gasteiger partial charge in [-0.25, -0.2) is 0 Å². The fourth-order valence-electron chi connectivity index (χ4n) is 1.99. The van der Waals surface area contributed by atoms with Crippen molar-refractivity contribution in [2.24, 2.45) is 0 Å². The molecule has 110 valence electrons. The third kappa shape index (κ3) is 4.41. The summed E-state index contributed by atoms with van der Waals surface area (Å²) in [6.07, 6.45) is -5.97. The molecule has 1 aliphatic heterocycles. The Morgan fingerprint density at radius 3 is 2.65 bits per heavy atom. The van der Waals surface area contributed by atoms with Crippen molar-refractivity contribution in [1.29, 1.82) is 0 Å². The Morgan fingerprint density at radius 2 is 2.00 bits per heavy atom. The average molecular weight is 288 g/mol. The number of carbonyl (C=O) groups is 1. The molecule has 1 N–H and O–H groups in total. The fourth-order valence-corrected chi connectivity index (χ4v) is 1.99. The van der Waals surface area contributed by atoms with Gasteiger partial charge in [-0.3, -0.25) is 4.79 Å². The fraction of sp³-hybridized carbons (Fsp3) is 0.462. The molecule has 20 heavy (non-hydrogen) atoms. The summed E-state index contributed by atoms with van der Waals surface area (Å²) < 4.78 is 41.5. The topological polar surface area (TPSA) is 41.6 Å². The molecular formula is C13H15F3N2O2. The first kappa shape index (κ1) is 14.6. The Bertz CT molecular complexity index is 471. The lowest BCUT2D eigenvalue weighted by atomic mass is 10.2. The van der Waals surface area contributed by atoms with Gasteiger partial charge in [0.25, 0.3) is 0 Å². The highest BCUT2D eigenvalue weighted by molar-refractivity contribution is 5.91. The molecule has 0 unspecified atom stereocenters. The zero-order chi connectivity index (χ0) is 14.6. The average Bonchev–Trinajstić information content (AvgIpc) is 2.38. The highest BCUT2D eigenvalue weighted by Crippen LogP contribution is 2.23. The second-order valence-electron chi connectivity index (χ2n) is 4.49. The molecule has 0 atom stereocenters. The summed E-state index contributed by atoms with van der Waals surface area (Å²) in [5.41, 5.74) is 1.22. The maximum atomic E-state index is 12.1. The molecule has 1 saturated heterocycles. The Hall–Kier alpha value is -1.76. The minimum Gasteiger partial charge on any atom is -0.378 e. The highest BCUT2D eigenvalue weighted by Gasteiger charge is 2.31. The van der Waals surface area contributed by atoms with Gasteiger partial charge in [0.15, 0.2) is 0 Å². The SMILES string of the molecule is O=C(CC(F)(F)F)Nc1cccc(N2CCOCC2)c1. The van der Waals surface area contributed by atoms with Gasteiger partial charge < -0.3 is 15.0 Å². The number of morpholine rings is 1. The predicted molar refractivity (Wildman–Crippen MR) is 68.8 cm³/mol. The van der Waals surface area contributed by atoms with Gasteiger partial charge in [-0.15, -0.1) is 0 Å². The Kier molecular flexibility index (Phi) is 4.49. The molecular weight excluding hydrogens is 273 g/mol. The molecule has 1 aliphatic rings. The number of nitrogens with zero attached hydrogens (tertiary/aromatic N) is 1. The number of hydrogen-bond acceptors (Lipinski definition) is 3. The Balaban J connectivity index is 2.00. The number of hydrogen-bond donors (Lipinski definition) is 1. The number of ether oxygens (including phenoxy) is 1. The van der Waals surface area contributed by atoms with Gasteiger partial charge in [-0.05, 0) is 18.2 Å². The molecule has 0 saturated carbocycles. The van der Waals surface area contributed by atoms with E-state index in [2.05, 4.69) is 10.2 Å². The number of rotatable bonds is 3. The lowest BCUT2D eigenvalue weighted by Crippen LogP contribution is -2.36. The molecule has 0 aliphatic carbocycles. The summed E-state index contributed by atoms with van der Waals surface area (Å²) >= 11 is 0. The largest absolute Gasteiger partial charge is 0.397 e. The molecule has 0 aromatic heterocycles. The standard InChI is InChI=1S/C13H15F3N2O2/c14-13(15,16)9-12(19)17-10-2-1-3-11(8-10)18-4-6-20-7-5-18/h1-3,8H,4-7,9H2,(H,17,19). The first-order chi connectivity index (χ1) is 9.44. The van der Waals surface area contributed by atoms with E-state index in [-0.39, 0.29) is 0 Å². The zero-order valence-electron chi connectivity index (χ0n) is 10.7. The zero-order valence-corrected chi connectivity index (χ0v) is 10.7. The second kappa shape index (κ2) is 6.13. The predicted octanol–water partition coefficient (Wildman–Crippen LogP) is 2.41. The normalized spacial score (nSPS) is 16.1. The molecule has 1 amide bonds. The number of halogens is 3. The van der Waals surface area contributed by atoms with E-state index >= 15 is 0 Å². The third-order valence-corrected chi connectivity index (χ3v) is 2.87. The first-order valence-electron chi connectivity index (χ1n) is 6.23. The molecule has 0 spiro atoms. The van der Waals surface area contributed by atoms with Crippen molar-refractivity contribution in [2.45, 2.75) is 12.6 Å². The van der Waals surface area contributed by atoms with Crippen LogP contribution in [0.15, 0.2) is 24.3 Å². The van der Waals surface area contributed by atoms with Crippen molar-refractivity contribution < 1.29 is 22.7 Å². The van der Waals surface area contributed by atoms with Crippen LogP contribution in [-0.2, 0) is 9.53 Å². The van der Waals surface area contributed by atoms with E-state index in [0.717, 1.165) is 18.8 Å². The van der Waals surface area contributed by atoms with Crippen LogP contribution in [0.25, 0.3) is 0 Å². The van der Waals surface area contributed by atoms with Gasteiger partial charge in [-0.1, -0.05) is 6.07 Å². The van der Waals surface area contributed by atoms with Gasteiger partial charge in [0.05, 0.1) is 13.2 Å². The lowest BCUT2D eigenvalue weighted by Gasteiger charge is -2.29. The van der Waals surface area contributed by atoms with Crippen molar-refractivity contribution in [3.8, 4) is 0 Å². The van der Waals surface area contributed by atoms with Gasteiger partial charge in [0.2, 0.25) is 5.91 Å². The summed E-state index contributed by atoms with van der Waals surface area (Å²) in [7, 11) is 0. The van der Waals surface area contributed by atoms with Gasteiger partial charge >= 0.3 is 6.18 Å². The van der Waals surface area contributed by atoms with Crippen molar-refractivity contribution in [3.63, 3.8) is 0 Å². The Labute approximate surface area is 114 Å². The third-order valence-electron chi connectivity index (χ3n) is 2.87. The van der Waals surface area contributed by atoms with E-state index in [1.165, 1.54) is 0 Å². The van der Waals surface area contributed by atoms with Gasteiger partial charge in [0.1, 0.15) is 6.42 Å². The molecule has 2 rings (SSSR count). The van der Waals surface area contributed by atoms with E-state index in [0.29, 0.717) is 18.9 Å². The van der Waals surface area contributed by atoms with E-state index in [1.54, 1.807) is 18.2 Å². The Morgan fingerprint density at radius 1 is 1.30 bits per heavy atom. The summed E-state index contributed by atoms with van der Waals surface area (Å²) in [4.78, 5) is 13.3. The molecule has 4 nitrogen and oxygen atoms in total. The number of carbonyl (C=O) groups excluding carboxylic acids is 1. The number of nitrogens with one attached hydrogen (secondary N) is 1. The van der Waals surface area contributed by atoms with Gasteiger partial charge in [0, 0.05) is 24.5 Å². The number of alkyl halides is 3. The van der Waals surface area contributed by atoms with Crippen LogP contribution in [0.5, 0.6) is 0 Å². The van der Waals surface area contributed by atoms with Crippen LogP contribution in [0.2, 0.25) is 0 Å². The summed E-state index contributed by atoms with van der Waals surface area (Å²) in [6, 6.07) is 6.79. The monoisotopic (exact) mass is 288 g/mol. The van der Waals surface area contributed by atoms with Crippen molar-refractivity contribution in [1.82, 2.24) is 0 Å². The molecule has 1 aromatic rings. The first-order valence-corrected chi connectivity index (χ1v) is 6.23. The van der Waals surface area contributed by atoms with Crippen LogP contribution >= 0.6 is 0 Å². The van der Waals surface area contributed by atoms with Crippen molar-refractivity contribution in [3.05, 3.63) is 24.3 Å². The molecule has 1 heterocycles. The van der Waals surface area contributed by atoms with Crippen LogP contribution in [-0.4, -0.2) is 38.4 Å². The summed E-state index contributed by atoms with van der Waals surface area (Å²) in [5, 5.41) is 2.26. The highest BCUT2D eigenvalue weighted by atomic mass is 19.4. The molecule has 0 radical (unpaired) electrons. The van der Waals surface area contributed by atoms with Crippen LogP contribution in [0, 0.1) is 0 Å². The van der Waals surface area contributed by atoms with Gasteiger partial charge in [-0.2, -0.15) is 13.2 Å². The summed E-state index contributed by atoms with van der Waals surface area (Å²) in [5.74, 6) is -1.06. The number of benzene rings is 1. The van der Waals surface area contributed by atoms with E-state index in [9.17, 15) is 18.0 Å².